The number of carbonyl (C=O) groups excluding carboxylic acids is 2. The molecule has 2 rings (SSSR count). The van der Waals surface area contributed by atoms with Gasteiger partial charge in [0.05, 0.1) is 13.0 Å². The number of methoxy groups -OCH3 is 1. The number of likely N-dealkylation sites (N-methyl/N-ethyl adjacent to an activating group) is 1. The first-order valence-electron chi connectivity index (χ1n) is 7.13. The molecule has 1 saturated heterocycles. The van der Waals surface area contributed by atoms with Crippen molar-refractivity contribution < 1.29 is 18.7 Å². The highest BCUT2D eigenvalue weighted by Gasteiger charge is 2.48. The van der Waals surface area contributed by atoms with E-state index in [2.05, 4.69) is 0 Å². The maximum absolute atomic E-state index is 14.2. The normalized spacial score (nSPS) is 25.0. The summed E-state index contributed by atoms with van der Waals surface area (Å²) >= 11 is 0. The molecule has 1 aromatic rings. The lowest BCUT2D eigenvalue weighted by Crippen LogP contribution is -2.36. The van der Waals surface area contributed by atoms with E-state index in [9.17, 15) is 14.0 Å². The van der Waals surface area contributed by atoms with Crippen molar-refractivity contribution in [2.24, 2.45) is 5.92 Å². The first kappa shape index (κ1) is 16.4. The molecule has 1 aliphatic rings. The summed E-state index contributed by atoms with van der Waals surface area (Å²) in [5.74, 6) is -1.38. The Morgan fingerprint density at radius 1 is 1.32 bits per heavy atom. The van der Waals surface area contributed by atoms with E-state index in [0.717, 1.165) is 0 Å². The summed E-state index contributed by atoms with van der Waals surface area (Å²) in [6, 6.07) is 5.32. The van der Waals surface area contributed by atoms with Crippen LogP contribution in [0.4, 0.5) is 4.39 Å². The molecule has 0 saturated carbocycles. The minimum Gasteiger partial charge on any atom is -0.468 e. The van der Waals surface area contributed by atoms with Crippen molar-refractivity contribution in [3.63, 3.8) is 0 Å². The predicted octanol–water partition coefficient (Wildman–Crippen LogP) is 1.45. The van der Waals surface area contributed by atoms with E-state index in [1.807, 2.05) is 0 Å². The molecule has 0 aliphatic carbocycles. The maximum Gasteiger partial charge on any atom is 0.323 e. The monoisotopic (exact) mass is 308 g/mol. The highest BCUT2D eigenvalue weighted by Crippen LogP contribution is 2.41. The Kier molecular flexibility index (Phi) is 4.81. The number of hydrogen-bond acceptors (Lipinski definition) is 4. The molecule has 0 N–H and O–H groups in total. The van der Waals surface area contributed by atoms with Gasteiger partial charge in [-0.3, -0.25) is 14.5 Å². The van der Waals surface area contributed by atoms with Gasteiger partial charge in [-0.05, 0) is 19.5 Å². The van der Waals surface area contributed by atoms with Crippen LogP contribution in [0.3, 0.4) is 0 Å². The summed E-state index contributed by atoms with van der Waals surface area (Å²) in [6.45, 7) is 0. The molecule has 0 bridgehead atoms. The summed E-state index contributed by atoms with van der Waals surface area (Å²) in [6.07, 6.45) is 0.319. The number of esters is 1. The molecule has 0 unspecified atom stereocenters. The Morgan fingerprint density at radius 2 is 1.95 bits per heavy atom. The number of carbonyl (C=O) groups is 2. The first-order chi connectivity index (χ1) is 10.4. The van der Waals surface area contributed by atoms with Gasteiger partial charge in [0, 0.05) is 25.7 Å². The molecule has 22 heavy (non-hydrogen) atoms. The van der Waals surface area contributed by atoms with Crippen LogP contribution in [0.2, 0.25) is 0 Å². The molecule has 0 spiro atoms. The van der Waals surface area contributed by atoms with Crippen molar-refractivity contribution >= 4 is 11.9 Å². The fourth-order valence-corrected chi connectivity index (χ4v) is 3.13. The Balaban J connectivity index is 2.44. The fourth-order valence-electron chi connectivity index (χ4n) is 3.13. The quantitative estimate of drug-likeness (QED) is 0.793. The SMILES string of the molecule is COC(=O)[C@@H]1C[C@H](C(=O)N(C)C)[C@H](c2ccccc2F)N1C. The van der Waals surface area contributed by atoms with Crippen LogP contribution in [-0.4, -0.2) is 56.0 Å². The molecule has 1 aliphatic heterocycles. The number of benzene rings is 1. The number of halogens is 1. The third-order valence-electron chi connectivity index (χ3n) is 4.24. The lowest BCUT2D eigenvalue weighted by atomic mass is 9.91. The van der Waals surface area contributed by atoms with Gasteiger partial charge in [-0.25, -0.2) is 4.39 Å². The van der Waals surface area contributed by atoms with E-state index in [-0.39, 0.29) is 11.7 Å². The zero-order chi connectivity index (χ0) is 16.4. The minimum absolute atomic E-state index is 0.119. The molecule has 120 valence electrons. The Labute approximate surface area is 129 Å². The van der Waals surface area contributed by atoms with Gasteiger partial charge in [0.15, 0.2) is 0 Å². The fraction of sp³-hybridized carbons (Fsp3) is 0.500. The van der Waals surface area contributed by atoms with Crippen LogP contribution in [0.25, 0.3) is 0 Å². The van der Waals surface area contributed by atoms with E-state index in [1.54, 1.807) is 44.2 Å². The van der Waals surface area contributed by atoms with E-state index >= 15 is 0 Å². The minimum atomic E-state index is -0.552. The number of amides is 1. The average molecular weight is 308 g/mol. The third-order valence-corrected chi connectivity index (χ3v) is 4.24. The maximum atomic E-state index is 14.2. The zero-order valence-electron chi connectivity index (χ0n) is 13.2. The highest BCUT2D eigenvalue weighted by molar-refractivity contribution is 5.83. The van der Waals surface area contributed by atoms with Crippen LogP contribution in [0, 0.1) is 11.7 Å². The van der Waals surface area contributed by atoms with Gasteiger partial charge in [-0.2, -0.15) is 0 Å². The first-order valence-corrected chi connectivity index (χ1v) is 7.13. The van der Waals surface area contributed by atoms with Gasteiger partial charge in [0.25, 0.3) is 0 Å². The molecule has 0 radical (unpaired) electrons. The van der Waals surface area contributed by atoms with Crippen LogP contribution in [0.5, 0.6) is 0 Å². The van der Waals surface area contributed by atoms with E-state index < -0.39 is 24.0 Å². The predicted molar refractivity (Wildman–Crippen MR) is 79.5 cm³/mol. The molecule has 0 aromatic heterocycles. The van der Waals surface area contributed by atoms with E-state index in [0.29, 0.717) is 12.0 Å². The van der Waals surface area contributed by atoms with Crippen LogP contribution in [-0.2, 0) is 14.3 Å². The van der Waals surface area contributed by atoms with Crippen molar-refractivity contribution in [3.8, 4) is 0 Å². The van der Waals surface area contributed by atoms with Gasteiger partial charge in [-0.15, -0.1) is 0 Å². The Bertz CT molecular complexity index is 576. The van der Waals surface area contributed by atoms with Gasteiger partial charge in [0.1, 0.15) is 11.9 Å². The van der Waals surface area contributed by atoms with Crippen molar-refractivity contribution in [2.45, 2.75) is 18.5 Å². The average Bonchev–Trinajstić information content (AvgIpc) is 2.83. The van der Waals surface area contributed by atoms with Gasteiger partial charge < -0.3 is 9.64 Å². The van der Waals surface area contributed by atoms with E-state index in [4.69, 9.17) is 4.74 Å². The van der Waals surface area contributed by atoms with Crippen LogP contribution in [0.1, 0.15) is 18.0 Å². The molecular weight excluding hydrogens is 287 g/mol. The highest BCUT2D eigenvalue weighted by atomic mass is 19.1. The molecule has 1 fully saturated rings. The van der Waals surface area contributed by atoms with Gasteiger partial charge in [-0.1, -0.05) is 18.2 Å². The molecule has 1 amide bonds. The van der Waals surface area contributed by atoms with Gasteiger partial charge in [0.2, 0.25) is 5.91 Å². The van der Waals surface area contributed by atoms with Crippen molar-refractivity contribution in [1.82, 2.24) is 9.80 Å². The van der Waals surface area contributed by atoms with E-state index in [1.165, 1.54) is 18.1 Å². The second-order valence-corrected chi connectivity index (χ2v) is 5.75. The topological polar surface area (TPSA) is 49.9 Å². The summed E-state index contributed by atoms with van der Waals surface area (Å²) in [4.78, 5) is 27.6. The molecule has 6 heteroatoms. The largest absolute Gasteiger partial charge is 0.468 e. The summed E-state index contributed by atoms with van der Waals surface area (Å²) in [5.41, 5.74) is 0.427. The number of likely N-dealkylation sites (tertiary alicyclic amines) is 1. The lowest BCUT2D eigenvalue weighted by molar-refractivity contribution is -0.145. The number of hydrogen-bond donors (Lipinski definition) is 0. The Morgan fingerprint density at radius 3 is 2.50 bits per heavy atom. The zero-order valence-corrected chi connectivity index (χ0v) is 13.2. The number of rotatable bonds is 3. The number of ether oxygens (including phenoxy) is 1. The lowest BCUT2D eigenvalue weighted by Gasteiger charge is -2.28. The molecule has 1 aromatic carbocycles. The summed E-state index contributed by atoms with van der Waals surface area (Å²) < 4.78 is 19.0. The number of nitrogens with zero attached hydrogens (tertiary/aromatic N) is 2. The van der Waals surface area contributed by atoms with Gasteiger partial charge >= 0.3 is 5.97 Å². The smallest absolute Gasteiger partial charge is 0.323 e. The molecule has 3 atom stereocenters. The second kappa shape index (κ2) is 6.44. The van der Waals surface area contributed by atoms with Crippen LogP contribution >= 0.6 is 0 Å². The third kappa shape index (κ3) is 2.83. The van der Waals surface area contributed by atoms with Crippen molar-refractivity contribution in [2.75, 3.05) is 28.3 Å². The molecule has 5 nitrogen and oxygen atoms in total. The summed E-state index contributed by atoms with van der Waals surface area (Å²) in [7, 11) is 6.36. The molecular formula is C16H21FN2O3. The van der Waals surface area contributed by atoms with Crippen LogP contribution < -0.4 is 0 Å². The summed E-state index contributed by atoms with van der Waals surface area (Å²) in [5, 5.41) is 0. The Hall–Kier alpha value is -1.95. The standard InChI is InChI=1S/C16H21FN2O3/c1-18(2)15(20)11-9-13(16(21)22-4)19(3)14(11)10-7-5-6-8-12(10)17/h5-8,11,13-14H,9H2,1-4H3/t11-,13-,14-/m0/s1. The molecule has 1 heterocycles. The van der Waals surface area contributed by atoms with Crippen molar-refractivity contribution in [3.05, 3.63) is 35.6 Å². The second-order valence-electron chi connectivity index (χ2n) is 5.75. The van der Waals surface area contributed by atoms with Crippen molar-refractivity contribution in [1.29, 1.82) is 0 Å². The van der Waals surface area contributed by atoms with Crippen LogP contribution in [0.15, 0.2) is 24.3 Å².